The number of fused-ring (bicyclic) bond motifs is 9. The highest BCUT2D eigenvalue weighted by molar-refractivity contribution is 5.84. The molecule has 0 radical (unpaired) electrons. The van der Waals surface area contributed by atoms with Crippen molar-refractivity contribution in [2.75, 3.05) is 0 Å². The largest absolute Gasteiger partial charge is 0.481 e. The van der Waals surface area contributed by atoms with E-state index in [1.54, 1.807) is 13.8 Å². The smallest absolute Gasteiger partial charge is 0.310 e. The van der Waals surface area contributed by atoms with Crippen molar-refractivity contribution < 1.29 is 29.3 Å². The molecule has 4 aliphatic rings. The molecule has 0 aliphatic carbocycles. The summed E-state index contributed by atoms with van der Waals surface area (Å²) in [6.45, 7) is 7.60. The van der Waals surface area contributed by atoms with Crippen molar-refractivity contribution in [3.8, 4) is 0 Å². The van der Waals surface area contributed by atoms with E-state index in [4.69, 9.17) is 9.47 Å². The van der Waals surface area contributed by atoms with Crippen molar-refractivity contribution >= 4 is 11.9 Å². The van der Waals surface area contributed by atoms with Crippen LogP contribution in [0.1, 0.15) is 40.5 Å². The Morgan fingerprint density at radius 3 is 1.50 bits per heavy atom. The van der Waals surface area contributed by atoms with Crippen LogP contribution in [0.3, 0.4) is 0 Å². The number of rotatable bonds is 2. The molecule has 4 aliphatic heterocycles. The zero-order chi connectivity index (χ0) is 16.3. The van der Waals surface area contributed by atoms with Gasteiger partial charge < -0.3 is 19.7 Å². The van der Waals surface area contributed by atoms with Gasteiger partial charge in [-0.15, -0.1) is 0 Å². The van der Waals surface area contributed by atoms with E-state index in [2.05, 4.69) is 0 Å². The van der Waals surface area contributed by atoms with Gasteiger partial charge in [0.25, 0.3) is 0 Å². The van der Waals surface area contributed by atoms with Gasteiger partial charge in [-0.3, -0.25) is 9.59 Å². The first kappa shape index (κ1) is 14.5. The molecule has 2 N–H and O–H groups in total. The van der Waals surface area contributed by atoms with Crippen LogP contribution in [-0.2, 0) is 19.1 Å². The minimum atomic E-state index is -1.09. The Labute approximate surface area is 128 Å². The van der Waals surface area contributed by atoms with Gasteiger partial charge in [0.15, 0.2) is 0 Å². The maximum absolute atomic E-state index is 11.8. The molecule has 0 aromatic rings. The third-order valence-corrected chi connectivity index (χ3v) is 7.01. The van der Waals surface area contributed by atoms with E-state index in [1.807, 2.05) is 13.8 Å². The lowest BCUT2D eigenvalue weighted by Crippen LogP contribution is -2.61. The Hall–Kier alpha value is -1.14. The first-order valence-electron chi connectivity index (χ1n) is 7.86. The molecule has 8 atom stereocenters. The van der Waals surface area contributed by atoms with Crippen LogP contribution in [0.5, 0.6) is 0 Å². The monoisotopic (exact) mass is 310 g/mol. The summed E-state index contributed by atoms with van der Waals surface area (Å²) in [5.74, 6) is -4.43. The standard InChI is InChI=1S/C16H22O6/c1-13-5-6-14(2,21-13)10-9(13)15(3)7(11(17)18)8(12(19)20)16(10,4)22-15/h7-10H,5-6H2,1-4H3,(H,17,18)(H,19,20)/t7-,8+,9-,10-,13-,14+,15-,16-/m0/s1. The highest BCUT2D eigenvalue weighted by Crippen LogP contribution is 2.75. The van der Waals surface area contributed by atoms with Crippen molar-refractivity contribution in [1.29, 1.82) is 0 Å². The number of carboxylic acid groups (broad SMARTS) is 2. The zero-order valence-electron chi connectivity index (χ0n) is 13.3. The molecule has 4 saturated heterocycles. The van der Waals surface area contributed by atoms with Crippen LogP contribution in [-0.4, -0.2) is 44.6 Å². The van der Waals surface area contributed by atoms with Crippen LogP contribution in [0, 0.1) is 23.7 Å². The predicted molar refractivity (Wildman–Crippen MR) is 74.3 cm³/mol. The second kappa shape index (κ2) is 3.51. The maximum atomic E-state index is 11.8. The Kier molecular flexibility index (Phi) is 2.31. The van der Waals surface area contributed by atoms with E-state index in [-0.39, 0.29) is 11.8 Å². The molecule has 0 aromatic heterocycles. The molecule has 4 heterocycles. The van der Waals surface area contributed by atoms with Crippen molar-refractivity contribution in [3.63, 3.8) is 0 Å². The molecule has 4 fully saturated rings. The van der Waals surface area contributed by atoms with Gasteiger partial charge in [-0.1, -0.05) is 0 Å². The number of hydrogen-bond acceptors (Lipinski definition) is 4. The van der Waals surface area contributed by atoms with E-state index in [0.29, 0.717) is 0 Å². The SMILES string of the molecule is C[C@@]12O[C@](C)([C@H]3[C@H]1[C@]1(C)CC[C@@]3(C)O1)[C@@H](C(=O)O)[C@H]2C(=O)O. The minimum Gasteiger partial charge on any atom is -0.481 e. The Balaban J connectivity index is 1.93. The van der Waals surface area contributed by atoms with E-state index < -0.39 is 46.2 Å². The highest BCUT2D eigenvalue weighted by Gasteiger charge is 2.85. The van der Waals surface area contributed by atoms with Crippen LogP contribution in [0.15, 0.2) is 0 Å². The van der Waals surface area contributed by atoms with Gasteiger partial charge in [0.1, 0.15) is 11.8 Å². The molecule has 4 bridgehead atoms. The average Bonchev–Trinajstić information content (AvgIpc) is 2.96. The Morgan fingerprint density at radius 1 is 0.818 bits per heavy atom. The summed E-state index contributed by atoms with van der Waals surface area (Å²) in [7, 11) is 0. The second-order valence-electron chi connectivity index (χ2n) is 8.28. The van der Waals surface area contributed by atoms with Gasteiger partial charge in [0, 0.05) is 11.8 Å². The highest BCUT2D eigenvalue weighted by atomic mass is 16.6. The summed E-state index contributed by atoms with van der Waals surface area (Å²) in [5.41, 5.74) is -2.85. The first-order valence-corrected chi connectivity index (χ1v) is 7.86. The normalized spacial score (nSPS) is 61.5. The lowest BCUT2D eigenvalue weighted by Gasteiger charge is -2.47. The summed E-state index contributed by atoms with van der Waals surface area (Å²) < 4.78 is 12.5. The van der Waals surface area contributed by atoms with Gasteiger partial charge in [-0.25, -0.2) is 0 Å². The topological polar surface area (TPSA) is 93.1 Å². The molecule has 6 heteroatoms. The summed E-state index contributed by atoms with van der Waals surface area (Å²) in [5, 5.41) is 19.4. The molecule has 22 heavy (non-hydrogen) atoms. The number of ether oxygens (including phenoxy) is 2. The fourth-order valence-electron chi connectivity index (χ4n) is 6.70. The van der Waals surface area contributed by atoms with Crippen LogP contribution >= 0.6 is 0 Å². The molecule has 0 aromatic carbocycles. The van der Waals surface area contributed by atoms with Crippen LogP contribution in [0.4, 0.5) is 0 Å². The molecule has 6 nitrogen and oxygen atoms in total. The molecule has 0 unspecified atom stereocenters. The van der Waals surface area contributed by atoms with Gasteiger partial charge in [0.2, 0.25) is 0 Å². The maximum Gasteiger partial charge on any atom is 0.310 e. The van der Waals surface area contributed by atoms with Gasteiger partial charge in [-0.2, -0.15) is 0 Å². The van der Waals surface area contributed by atoms with Crippen molar-refractivity contribution in [3.05, 3.63) is 0 Å². The lowest BCUT2D eigenvalue weighted by atomic mass is 9.49. The second-order valence-corrected chi connectivity index (χ2v) is 8.28. The summed E-state index contributed by atoms with van der Waals surface area (Å²) in [4.78, 5) is 23.7. The van der Waals surface area contributed by atoms with Gasteiger partial charge in [0.05, 0.1) is 22.4 Å². The number of aliphatic carboxylic acids is 2. The molecular weight excluding hydrogens is 288 g/mol. The third-order valence-electron chi connectivity index (χ3n) is 7.01. The van der Waals surface area contributed by atoms with Crippen LogP contribution in [0.2, 0.25) is 0 Å². The first-order chi connectivity index (χ1) is 10.00. The molecular formula is C16H22O6. The van der Waals surface area contributed by atoms with Gasteiger partial charge >= 0.3 is 11.9 Å². The predicted octanol–water partition coefficient (Wildman–Crippen LogP) is 1.52. The zero-order valence-corrected chi connectivity index (χ0v) is 13.3. The Bertz CT molecular complexity index is 553. The van der Waals surface area contributed by atoms with E-state index in [0.717, 1.165) is 12.8 Å². The fourth-order valence-corrected chi connectivity index (χ4v) is 6.70. The number of carbonyl (C=O) groups is 2. The summed E-state index contributed by atoms with van der Waals surface area (Å²) in [6.07, 6.45) is 1.73. The minimum absolute atomic E-state index is 0.0829. The molecule has 0 spiro atoms. The quantitative estimate of drug-likeness (QED) is 0.803. The Morgan fingerprint density at radius 2 is 1.18 bits per heavy atom. The van der Waals surface area contributed by atoms with E-state index >= 15 is 0 Å². The molecule has 4 rings (SSSR count). The van der Waals surface area contributed by atoms with Crippen LogP contribution in [0.25, 0.3) is 0 Å². The summed E-state index contributed by atoms with van der Waals surface area (Å²) in [6, 6.07) is 0. The third kappa shape index (κ3) is 1.23. The number of carboxylic acids is 2. The fraction of sp³-hybridized carbons (Fsp3) is 0.875. The van der Waals surface area contributed by atoms with Gasteiger partial charge in [-0.05, 0) is 40.5 Å². The molecule has 0 amide bonds. The average molecular weight is 310 g/mol. The van der Waals surface area contributed by atoms with Crippen LogP contribution < -0.4 is 0 Å². The summed E-state index contributed by atoms with van der Waals surface area (Å²) >= 11 is 0. The number of hydrogen-bond donors (Lipinski definition) is 2. The molecule has 0 saturated carbocycles. The van der Waals surface area contributed by atoms with Crippen molar-refractivity contribution in [1.82, 2.24) is 0 Å². The van der Waals surface area contributed by atoms with E-state index in [9.17, 15) is 19.8 Å². The lowest BCUT2D eigenvalue weighted by molar-refractivity contribution is -0.161. The van der Waals surface area contributed by atoms with Crippen molar-refractivity contribution in [2.45, 2.75) is 62.9 Å². The molecule has 122 valence electrons. The van der Waals surface area contributed by atoms with Crippen molar-refractivity contribution in [2.24, 2.45) is 23.7 Å². The van der Waals surface area contributed by atoms with E-state index in [1.165, 1.54) is 0 Å².